The number of likely N-dealkylation sites (tertiary alicyclic amines) is 1. The van der Waals surface area contributed by atoms with Gasteiger partial charge >= 0.3 is 0 Å². The second-order valence-electron chi connectivity index (χ2n) is 5.38. The van der Waals surface area contributed by atoms with E-state index in [-0.39, 0.29) is 11.1 Å². The maximum Gasteiger partial charge on any atom is 0.142 e. The molecule has 1 atom stereocenters. The fourth-order valence-corrected chi connectivity index (χ4v) is 3.28. The van der Waals surface area contributed by atoms with Gasteiger partial charge < -0.3 is 10.2 Å². The lowest BCUT2D eigenvalue weighted by molar-refractivity contribution is 0.200. The fourth-order valence-electron chi connectivity index (χ4n) is 2.73. The average Bonchev–Trinajstić information content (AvgIpc) is 2.43. The van der Waals surface area contributed by atoms with Crippen LogP contribution in [0.3, 0.4) is 0 Å². The molecule has 0 saturated carbocycles. The molecule has 0 radical (unpaired) electrons. The Labute approximate surface area is 130 Å². The third kappa shape index (κ3) is 3.85. The van der Waals surface area contributed by atoms with Crippen LogP contribution in [0.4, 0.5) is 4.39 Å². The highest BCUT2D eigenvalue weighted by Crippen LogP contribution is 2.29. The van der Waals surface area contributed by atoms with Crippen LogP contribution in [0.25, 0.3) is 0 Å². The molecule has 5 heteroatoms. The minimum absolute atomic E-state index is 0.0208. The number of piperidine rings is 1. The van der Waals surface area contributed by atoms with E-state index < -0.39 is 5.82 Å². The van der Waals surface area contributed by atoms with Gasteiger partial charge in [-0.25, -0.2) is 4.39 Å². The summed E-state index contributed by atoms with van der Waals surface area (Å²) in [6, 6.07) is 3.39. The molecule has 1 heterocycles. The summed E-state index contributed by atoms with van der Waals surface area (Å²) in [7, 11) is 0. The van der Waals surface area contributed by atoms with E-state index in [1.165, 1.54) is 12.1 Å². The van der Waals surface area contributed by atoms with Crippen molar-refractivity contribution in [2.45, 2.75) is 38.8 Å². The second kappa shape index (κ2) is 7.08. The molecule has 1 aromatic rings. The van der Waals surface area contributed by atoms with Gasteiger partial charge in [0.05, 0.1) is 5.02 Å². The largest absolute Gasteiger partial charge is 0.307 e. The second-order valence-corrected chi connectivity index (χ2v) is 6.20. The predicted octanol–water partition coefficient (Wildman–Crippen LogP) is 4.27. The Bertz CT molecular complexity index is 459. The van der Waals surface area contributed by atoms with Crippen molar-refractivity contribution >= 4 is 23.2 Å². The van der Waals surface area contributed by atoms with Crippen molar-refractivity contribution in [1.29, 1.82) is 0 Å². The summed E-state index contributed by atoms with van der Waals surface area (Å²) >= 11 is 11.9. The molecule has 1 saturated heterocycles. The van der Waals surface area contributed by atoms with E-state index in [1.807, 2.05) is 6.92 Å². The molecule has 0 amide bonds. The molecular weight excluding hydrogens is 298 g/mol. The van der Waals surface area contributed by atoms with Gasteiger partial charge in [-0.05, 0) is 57.1 Å². The first-order valence-corrected chi connectivity index (χ1v) is 7.89. The number of benzene rings is 1. The Morgan fingerprint density at radius 2 is 1.95 bits per heavy atom. The number of nitrogens with zero attached hydrogens (tertiary/aromatic N) is 1. The van der Waals surface area contributed by atoms with Gasteiger partial charge in [-0.15, -0.1) is 0 Å². The third-order valence-corrected chi connectivity index (χ3v) is 4.64. The van der Waals surface area contributed by atoms with Crippen molar-refractivity contribution in [3.05, 3.63) is 33.6 Å². The van der Waals surface area contributed by atoms with Gasteiger partial charge in [0.25, 0.3) is 0 Å². The van der Waals surface area contributed by atoms with Gasteiger partial charge in [0.2, 0.25) is 0 Å². The maximum atomic E-state index is 13.6. The molecule has 2 rings (SSSR count). The molecule has 0 aliphatic carbocycles. The van der Waals surface area contributed by atoms with Crippen LogP contribution in [0.1, 0.15) is 38.3 Å². The summed E-state index contributed by atoms with van der Waals surface area (Å²) in [5.41, 5.74) is 0.770. The van der Waals surface area contributed by atoms with Crippen molar-refractivity contribution in [2.24, 2.45) is 0 Å². The van der Waals surface area contributed by atoms with Crippen LogP contribution in [0.15, 0.2) is 12.1 Å². The molecule has 1 unspecified atom stereocenters. The van der Waals surface area contributed by atoms with E-state index in [9.17, 15) is 4.39 Å². The molecule has 20 heavy (non-hydrogen) atoms. The lowest BCUT2D eigenvalue weighted by Crippen LogP contribution is -2.43. The Kier molecular flexibility index (Phi) is 5.67. The highest BCUT2D eigenvalue weighted by Gasteiger charge is 2.21. The first-order chi connectivity index (χ1) is 9.51. The lowest BCUT2D eigenvalue weighted by Gasteiger charge is -2.33. The van der Waals surface area contributed by atoms with Gasteiger partial charge in [0.1, 0.15) is 5.82 Å². The van der Waals surface area contributed by atoms with Crippen LogP contribution in [0.5, 0.6) is 0 Å². The van der Waals surface area contributed by atoms with Crippen molar-refractivity contribution in [3.8, 4) is 0 Å². The molecule has 1 aliphatic rings. The van der Waals surface area contributed by atoms with Gasteiger partial charge in [-0.1, -0.05) is 30.1 Å². The molecule has 2 nitrogen and oxygen atoms in total. The third-order valence-electron chi connectivity index (χ3n) is 4.03. The van der Waals surface area contributed by atoms with E-state index >= 15 is 0 Å². The highest BCUT2D eigenvalue weighted by atomic mass is 35.5. The molecule has 1 fully saturated rings. The first-order valence-electron chi connectivity index (χ1n) is 7.14. The van der Waals surface area contributed by atoms with Gasteiger partial charge in [0.15, 0.2) is 0 Å². The average molecular weight is 319 g/mol. The number of hydrogen-bond donors (Lipinski definition) is 1. The molecular formula is C15H21Cl2FN2. The predicted molar refractivity (Wildman–Crippen MR) is 83.1 cm³/mol. The van der Waals surface area contributed by atoms with E-state index in [0.717, 1.165) is 38.0 Å². The van der Waals surface area contributed by atoms with E-state index in [4.69, 9.17) is 23.2 Å². The summed E-state index contributed by atoms with van der Waals surface area (Å²) in [4.78, 5) is 2.44. The molecule has 1 N–H and O–H groups in total. The smallest absolute Gasteiger partial charge is 0.142 e. The van der Waals surface area contributed by atoms with Crippen LogP contribution in [0, 0.1) is 5.82 Å². The number of rotatable bonds is 4. The summed E-state index contributed by atoms with van der Waals surface area (Å²) in [5, 5.41) is 4.13. The standard InChI is InChI=1S/C15H21Cl2FN2/c1-3-20-6-4-11(5-7-20)19-10(2)12-8-15(18)14(17)9-13(12)16/h8-11,19H,3-7H2,1-2H3. The van der Waals surface area contributed by atoms with E-state index in [1.54, 1.807) is 0 Å². The van der Waals surface area contributed by atoms with Gasteiger partial charge in [0, 0.05) is 17.1 Å². The Morgan fingerprint density at radius 3 is 2.55 bits per heavy atom. The monoisotopic (exact) mass is 318 g/mol. The quantitative estimate of drug-likeness (QED) is 0.834. The maximum absolute atomic E-state index is 13.6. The molecule has 1 aliphatic heterocycles. The van der Waals surface area contributed by atoms with Gasteiger partial charge in [-0.3, -0.25) is 0 Å². The van der Waals surface area contributed by atoms with Crippen LogP contribution >= 0.6 is 23.2 Å². The minimum Gasteiger partial charge on any atom is -0.307 e. The van der Waals surface area contributed by atoms with Crippen LogP contribution in [0.2, 0.25) is 10.0 Å². The van der Waals surface area contributed by atoms with Crippen molar-refractivity contribution in [3.63, 3.8) is 0 Å². The topological polar surface area (TPSA) is 15.3 Å². The molecule has 1 aromatic carbocycles. The zero-order chi connectivity index (χ0) is 14.7. The summed E-state index contributed by atoms with van der Waals surface area (Å²) in [6.07, 6.45) is 2.23. The number of halogens is 3. The van der Waals surface area contributed by atoms with Gasteiger partial charge in [-0.2, -0.15) is 0 Å². The SMILES string of the molecule is CCN1CCC(NC(C)c2cc(F)c(Cl)cc2Cl)CC1. The Morgan fingerprint density at radius 1 is 1.30 bits per heavy atom. The normalized spacial score (nSPS) is 19.2. The summed E-state index contributed by atoms with van der Waals surface area (Å²) in [5.74, 6) is -0.416. The van der Waals surface area contributed by atoms with Crippen molar-refractivity contribution < 1.29 is 4.39 Å². The van der Waals surface area contributed by atoms with Crippen LogP contribution in [-0.2, 0) is 0 Å². The van der Waals surface area contributed by atoms with Crippen LogP contribution < -0.4 is 5.32 Å². The lowest BCUT2D eigenvalue weighted by atomic mass is 10.0. The summed E-state index contributed by atoms with van der Waals surface area (Å²) in [6.45, 7) is 7.54. The summed E-state index contributed by atoms with van der Waals surface area (Å²) < 4.78 is 13.6. The minimum atomic E-state index is -0.416. The molecule has 0 aromatic heterocycles. The van der Waals surface area contributed by atoms with E-state index in [2.05, 4.69) is 17.1 Å². The molecule has 0 spiro atoms. The number of nitrogens with one attached hydrogen (secondary N) is 1. The zero-order valence-corrected chi connectivity index (χ0v) is 13.4. The Balaban J connectivity index is 1.98. The van der Waals surface area contributed by atoms with Crippen molar-refractivity contribution in [1.82, 2.24) is 10.2 Å². The zero-order valence-electron chi connectivity index (χ0n) is 11.9. The Hall–Kier alpha value is -0.350. The molecule has 112 valence electrons. The fraction of sp³-hybridized carbons (Fsp3) is 0.600. The van der Waals surface area contributed by atoms with Crippen LogP contribution in [-0.4, -0.2) is 30.6 Å². The highest BCUT2D eigenvalue weighted by molar-refractivity contribution is 6.35. The van der Waals surface area contributed by atoms with Crippen molar-refractivity contribution in [2.75, 3.05) is 19.6 Å². The number of hydrogen-bond acceptors (Lipinski definition) is 2. The van der Waals surface area contributed by atoms with E-state index in [0.29, 0.717) is 11.1 Å². The molecule has 0 bridgehead atoms. The first kappa shape index (κ1) is 16.0.